The van der Waals surface area contributed by atoms with Gasteiger partial charge in [0, 0.05) is 56.5 Å². The topological polar surface area (TPSA) is 101 Å². The number of nitrogens with zero attached hydrogens (tertiary/aromatic N) is 1. The lowest BCUT2D eigenvalue weighted by Gasteiger charge is -2.16. The van der Waals surface area contributed by atoms with Crippen LogP contribution in [-0.2, 0) is 27.5 Å². The number of rotatable bonds is 12. The average molecular weight is 695 g/mol. The quantitative estimate of drug-likeness (QED) is 0.0698. The molecular weight excluding hydrogens is 656 g/mol. The number of anilines is 1. The minimum atomic E-state index is -0.448. The molecule has 3 N–H and O–H groups in total. The fraction of sp³-hybridized carbons (Fsp3) is 0.308. The fourth-order valence-corrected chi connectivity index (χ4v) is 8.66. The van der Waals surface area contributed by atoms with Crippen molar-refractivity contribution in [3.05, 3.63) is 113 Å². The molecule has 2 fully saturated rings. The minimum absolute atomic E-state index is 0.00535. The van der Waals surface area contributed by atoms with E-state index in [4.69, 9.17) is 16.3 Å². The van der Waals surface area contributed by atoms with Crippen LogP contribution < -0.4 is 16.0 Å². The Bertz CT molecular complexity index is 2020. The highest BCUT2D eigenvalue weighted by Crippen LogP contribution is 2.35. The van der Waals surface area contributed by atoms with Gasteiger partial charge in [-0.15, -0.1) is 0 Å². The Hall–Kier alpha value is -4.47. The highest BCUT2D eigenvalue weighted by atomic mass is 35.5. The van der Waals surface area contributed by atoms with Crippen molar-refractivity contribution in [2.45, 2.75) is 69.0 Å². The number of nitrogens with one attached hydrogen (secondary N) is 3. The molecule has 7 rings (SSSR count). The van der Waals surface area contributed by atoms with Gasteiger partial charge in [-0.3, -0.25) is 9.59 Å². The predicted molar refractivity (Wildman–Crippen MR) is 197 cm³/mol. The lowest BCUT2D eigenvalue weighted by molar-refractivity contribution is -0.146. The SMILES string of the molecule is CC(C(=O)OCc1ccccc1)c1ccc2c3cc(Cl)ccc3n(Cc3cccc(NC(=O)CCCC[C@@H]4SC[C@@H]5NC(=O)N[C@@H]54)c3)c2c1. The van der Waals surface area contributed by atoms with E-state index in [1.54, 1.807) is 0 Å². The van der Waals surface area contributed by atoms with Crippen molar-refractivity contribution in [3.63, 3.8) is 0 Å². The highest BCUT2D eigenvalue weighted by Gasteiger charge is 2.42. The smallest absolute Gasteiger partial charge is 0.315 e. The zero-order valence-corrected chi connectivity index (χ0v) is 28.9. The first-order chi connectivity index (χ1) is 23.8. The van der Waals surface area contributed by atoms with E-state index >= 15 is 0 Å². The molecule has 1 aromatic heterocycles. The predicted octanol–water partition coefficient (Wildman–Crippen LogP) is 8.01. The fourth-order valence-electron chi connectivity index (χ4n) is 6.95. The number of hydrogen-bond acceptors (Lipinski definition) is 5. The summed E-state index contributed by atoms with van der Waals surface area (Å²) in [5.41, 5.74) is 5.64. The van der Waals surface area contributed by atoms with Crippen molar-refractivity contribution in [1.29, 1.82) is 0 Å². The second-order valence-corrected chi connectivity index (χ2v) is 14.7. The molecule has 0 spiro atoms. The summed E-state index contributed by atoms with van der Waals surface area (Å²) in [5.74, 6) is 0.213. The van der Waals surface area contributed by atoms with Crippen LogP contribution >= 0.6 is 23.4 Å². The van der Waals surface area contributed by atoms with Crippen LogP contribution in [0.15, 0.2) is 91.0 Å². The molecule has 3 amide bonds. The number of esters is 1. The molecule has 0 saturated carbocycles. The van der Waals surface area contributed by atoms with Gasteiger partial charge in [0.25, 0.3) is 0 Å². The number of fused-ring (bicyclic) bond motifs is 4. The maximum atomic E-state index is 13.1. The van der Waals surface area contributed by atoms with Crippen LogP contribution in [0.2, 0.25) is 5.02 Å². The first-order valence-corrected chi connectivity index (χ1v) is 18.2. The lowest BCUT2D eigenvalue weighted by Crippen LogP contribution is -2.36. The third-order valence-electron chi connectivity index (χ3n) is 9.56. The van der Waals surface area contributed by atoms with Crippen molar-refractivity contribution in [1.82, 2.24) is 15.2 Å². The van der Waals surface area contributed by atoms with Crippen molar-refractivity contribution in [2.75, 3.05) is 11.1 Å². The molecule has 2 aliphatic heterocycles. The maximum Gasteiger partial charge on any atom is 0.315 e. The number of carbonyl (C=O) groups excluding carboxylic acids is 3. The summed E-state index contributed by atoms with van der Waals surface area (Å²) in [5, 5.41) is 12.2. The van der Waals surface area contributed by atoms with Crippen molar-refractivity contribution < 1.29 is 19.1 Å². The summed E-state index contributed by atoms with van der Waals surface area (Å²) >= 11 is 8.34. The number of unbranched alkanes of at least 4 members (excludes halogenated alkanes) is 1. The summed E-state index contributed by atoms with van der Waals surface area (Å²) in [6, 6.07) is 30.0. The average Bonchev–Trinajstić information content (AvgIpc) is 3.76. The van der Waals surface area contributed by atoms with E-state index in [-0.39, 0.29) is 36.6 Å². The van der Waals surface area contributed by atoms with Gasteiger partial charge >= 0.3 is 12.0 Å². The Morgan fingerprint density at radius 2 is 1.78 bits per heavy atom. The second kappa shape index (κ2) is 14.6. The summed E-state index contributed by atoms with van der Waals surface area (Å²) < 4.78 is 7.90. The van der Waals surface area contributed by atoms with Crippen molar-refractivity contribution in [3.8, 4) is 0 Å². The first kappa shape index (κ1) is 33.0. The maximum absolute atomic E-state index is 13.1. The van der Waals surface area contributed by atoms with E-state index in [1.165, 1.54) is 0 Å². The molecule has 0 bridgehead atoms. The lowest BCUT2D eigenvalue weighted by atomic mass is 9.99. The van der Waals surface area contributed by atoms with Crippen LogP contribution in [-0.4, -0.2) is 45.6 Å². The largest absolute Gasteiger partial charge is 0.460 e. The summed E-state index contributed by atoms with van der Waals surface area (Å²) in [4.78, 5) is 37.6. The molecule has 49 heavy (non-hydrogen) atoms. The zero-order valence-electron chi connectivity index (χ0n) is 27.3. The number of urea groups is 1. The molecule has 3 heterocycles. The van der Waals surface area contributed by atoms with Crippen LogP contribution in [0.4, 0.5) is 10.5 Å². The van der Waals surface area contributed by atoms with E-state index < -0.39 is 5.92 Å². The zero-order chi connectivity index (χ0) is 33.9. The van der Waals surface area contributed by atoms with Crippen LogP contribution in [0.25, 0.3) is 21.8 Å². The molecule has 1 unspecified atom stereocenters. The number of ether oxygens (including phenoxy) is 1. The number of halogens is 1. The van der Waals surface area contributed by atoms with Gasteiger partial charge in [-0.1, -0.05) is 72.6 Å². The summed E-state index contributed by atoms with van der Waals surface area (Å²) in [7, 11) is 0. The van der Waals surface area contributed by atoms with Gasteiger partial charge in [-0.2, -0.15) is 11.8 Å². The number of benzene rings is 4. The van der Waals surface area contributed by atoms with E-state index in [0.717, 1.165) is 69.2 Å². The van der Waals surface area contributed by atoms with Crippen LogP contribution in [0.3, 0.4) is 0 Å². The number of carbonyl (C=O) groups is 3. The van der Waals surface area contributed by atoms with Crippen LogP contribution in [0, 0.1) is 0 Å². The van der Waals surface area contributed by atoms with E-state index in [9.17, 15) is 14.4 Å². The van der Waals surface area contributed by atoms with Gasteiger partial charge in [-0.05, 0) is 72.9 Å². The van der Waals surface area contributed by atoms with Crippen LogP contribution in [0.5, 0.6) is 0 Å². The Morgan fingerprint density at radius 1 is 0.939 bits per heavy atom. The van der Waals surface area contributed by atoms with Crippen molar-refractivity contribution >= 4 is 68.8 Å². The van der Waals surface area contributed by atoms with Gasteiger partial charge in [0.15, 0.2) is 0 Å². The molecule has 5 aromatic rings. The Kier molecular flexibility index (Phi) is 9.82. The third kappa shape index (κ3) is 7.43. The molecule has 0 radical (unpaired) electrons. The molecule has 8 nitrogen and oxygen atoms in total. The molecule has 2 saturated heterocycles. The van der Waals surface area contributed by atoms with Crippen molar-refractivity contribution in [2.24, 2.45) is 0 Å². The number of hydrogen-bond donors (Lipinski definition) is 3. The van der Waals surface area contributed by atoms with Gasteiger partial charge < -0.3 is 25.3 Å². The summed E-state index contributed by atoms with van der Waals surface area (Å²) in [6.07, 6.45) is 3.16. The normalized spacial score (nSPS) is 19.0. The van der Waals surface area contributed by atoms with E-state index in [0.29, 0.717) is 23.2 Å². The second-order valence-electron chi connectivity index (χ2n) is 13.0. The van der Waals surface area contributed by atoms with E-state index in [2.05, 4.69) is 38.7 Å². The highest BCUT2D eigenvalue weighted by molar-refractivity contribution is 8.00. The Balaban J connectivity index is 1.03. The van der Waals surface area contributed by atoms with Gasteiger partial charge in [0.05, 0.1) is 18.0 Å². The first-order valence-electron chi connectivity index (χ1n) is 16.8. The number of amides is 3. The molecular formula is C39H39ClN4O4S. The molecule has 4 aromatic carbocycles. The standard InChI is InChI=1S/C39H39ClN4O4S/c1-24(38(46)48-22-25-8-3-2-4-9-25)27-14-16-30-31-20-28(40)15-17-33(31)44(34(30)19-27)21-26-10-7-11-29(18-26)41-36(45)13-6-5-12-35-37-32(23-49-35)42-39(47)43-37/h2-4,7-11,14-20,24,32,35,37H,5-6,12-13,21-23H2,1H3,(H,41,45)(H2,42,43,47)/t24?,32-,35-,37-/m0/s1. The summed E-state index contributed by atoms with van der Waals surface area (Å²) in [6.45, 7) is 2.67. The molecule has 4 atom stereocenters. The Labute approximate surface area is 294 Å². The molecule has 10 heteroatoms. The Morgan fingerprint density at radius 3 is 2.63 bits per heavy atom. The molecule has 0 aliphatic carbocycles. The monoisotopic (exact) mass is 694 g/mol. The van der Waals surface area contributed by atoms with Crippen LogP contribution in [0.1, 0.15) is 55.2 Å². The van der Waals surface area contributed by atoms with E-state index in [1.807, 2.05) is 91.5 Å². The number of aromatic nitrogens is 1. The molecule has 2 aliphatic rings. The molecule has 252 valence electrons. The van der Waals surface area contributed by atoms with Gasteiger partial charge in [0.1, 0.15) is 6.61 Å². The number of thioether (sulfide) groups is 1. The van der Waals surface area contributed by atoms with Gasteiger partial charge in [-0.25, -0.2) is 4.79 Å². The third-order valence-corrected chi connectivity index (χ3v) is 11.3. The minimum Gasteiger partial charge on any atom is -0.460 e. The van der Waals surface area contributed by atoms with Gasteiger partial charge in [0.2, 0.25) is 5.91 Å².